The van der Waals surface area contributed by atoms with Crippen LogP contribution in [0.4, 0.5) is 0 Å². The average Bonchev–Trinajstić information content (AvgIpc) is 2.29. The predicted molar refractivity (Wildman–Crippen MR) is 80.4 cm³/mol. The molecule has 1 aliphatic heterocycles. The lowest BCUT2D eigenvalue weighted by Crippen LogP contribution is -2.24. The molecule has 0 radical (unpaired) electrons. The quantitative estimate of drug-likeness (QED) is 0.807. The van der Waals surface area contributed by atoms with Crippen molar-refractivity contribution in [3.63, 3.8) is 0 Å². The molecule has 0 aliphatic carbocycles. The lowest BCUT2D eigenvalue weighted by Gasteiger charge is -2.27. The first-order chi connectivity index (χ1) is 8.47. The smallest absolute Gasteiger partial charge is 0.142 e. The second-order valence-corrected chi connectivity index (χ2v) is 9.55. The monoisotopic (exact) mass is 303 g/mol. The van der Waals surface area contributed by atoms with Gasteiger partial charge in [0, 0.05) is 11.7 Å². The van der Waals surface area contributed by atoms with Gasteiger partial charge in [-0.25, -0.2) is 8.42 Å². The van der Waals surface area contributed by atoms with Crippen LogP contribution >= 0.6 is 11.8 Å². The second-order valence-electron chi connectivity index (χ2n) is 4.59. The largest absolute Gasteiger partial charge is 0.312 e. The van der Waals surface area contributed by atoms with E-state index in [1.54, 1.807) is 23.9 Å². The molecule has 0 amide bonds. The molecule has 6 heteroatoms. The van der Waals surface area contributed by atoms with Gasteiger partial charge in [0.25, 0.3) is 0 Å². The minimum Gasteiger partial charge on any atom is -0.312 e. The van der Waals surface area contributed by atoms with E-state index in [9.17, 15) is 8.42 Å². The van der Waals surface area contributed by atoms with Crippen molar-refractivity contribution < 1.29 is 8.42 Å². The van der Waals surface area contributed by atoms with Gasteiger partial charge < -0.3 is 4.13 Å². The third-order valence-corrected chi connectivity index (χ3v) is 8.63. The van der Waals surface area contributed by atoms with Gasteiger partial charge in [-0.1, -0.05) is 35.7 Å². The topological polar surface area (TPSA) is 48.2 Å². The maximum atomic E-state index is 12.1. The summed E-state index contributed by atoms with van der Waals surface area (Å²) in [6.45, 7) is 4.09. The molecule has 18 heavy (non-hydrogen) atoms. The molecule has 1 heterocycles. The van der Waals surface area contributed by atoms with Crippen molar-refractivity contribution in [1.29, 1.82) is 0 Å². The van der Waals surface area contributed by atoms with Crippen molar-refractivity contribution in [3.05, 3.63) is 34.0 Å². The molecule has 1 unspecified atom stereocenters. The highest BCUT2D eigenvalue weighted by Crippen LogP contribution is 2.30. The lowest BCUT2D eigenvalue weighted by atomic mass is 10.2. The van der Waals surface area contributed by atoms with Crippen LogP contribution in [-0.4, -0.2) is 25.0 Å². The Morgan fingerprint density at radius 3 is 2.61 bits per heavy atom. The van der Waals surface area contributed by atoms with Gasteiger partial charge in [0.2, 0.25) is 0 Å². The van der Waals surface area contributed by atoms with E-state index in [1.165, 1.54) is 0 Å². The number of hydrogen-bond donors (Lipinski definition) is 0. The summed E-state index contributed by atoms with van der Waals surface area (Å²) in [5.41, 5.74) is 1.05. The molecule has 1 saturated heterocycles. The standard InChI is InChI=1S/C12H17NO2S3/c1-10-3-5-12(6-4-10)18(14,15)13-17-8-11(2)7-16-9-17/h3-6,11H,7-9H2,1-2H3/t11-,17?/m1/s1. The van der Waals surface area contributed by atoms with Crippen LogP contribution in [0.1, 0.15) is 12.5 Å². The molecular weight excluding hydrogens is 286 g/mol. The first kappa shape index (κ1) is 14.2. The van der Waals surface area contributed by atoms with Crippen molar-refractivity contribution in [2.75, 3.05) is 16.6 Å². The van der Waals surface area contributed by atoms with E-state index >= 15 is 0 Å². The number of nitrogens with zero attached hydrogens (tertiary/aromatic N) is 1. The third kappa shape index (κ3) is 3.66. The number of aryl methyl sites for hydroxylation is 1. The van der Waals surface area contributed by atoms with E-state index in [0.29, 0.717) is 10.8 Å². The van der Waals surface area contributed by atoms with Crippen LogP contribution in [0.3, 0.4) is 0 Å². The minimum atomic E-state index is -3.48. The van der Waals surface area contributed by atoms with Crippen LogP contribution in [0.25, 0.3) is 4.13 Å². The molecule has 0 aromatic heterocycles. The Morgan fingerprint density at radius 2 is 2.00 bits per heavy atom. The van der Waals surface area contributed by atoms with Crippen molar-refractivity contribution in [2.24, 2.45) is 5.92 Å². The summed E-state index contributed by atoms with van der Waals surface area (Å²) in [4.78, 5) is 0.309. The molecule has 0 bridgehead atoms. The Balaban J connectivity index is 2.09. The van der Waals surface area contributed by atoms with E-state index in [0.717, 1.165) is 22.2 Å². The van der Waals surface area contributed by atoms with E-state index in [4.69, 9.17) is 0 Å². The minimum absolute atomic E-state index is 0.309. The Labute approximate surface area is 116 Å². The molecule has 100 valence electrons. The zero-order valence-corrected chi connectivity index (χ0v) is 12.9. The molecule has 1 aromatic rings. The zero-order chi connectivity index (χ0) is 13.2. The molecule has 0 spiro atoms. The first-order valence-corrected chi connectivity index (χ1v) is 9.89. The maximum absolute atomic E-state index is 12.1. The SMILES string of the molecule is Cc1ccc(S(=O)(=O)[N-][S+]2CSC[C@@H](C)C2)cc1. The molecule has 2 atom stereocenters. The van der Waals surface area contributed by atoms with Gasteiger partial charge in [0.1, 0.15) is 20.9 Å². The van der Waals surface area contributed by atoms with Crippen molar-refractivity contribution in [3.8, 4) is 0 Å². The summed E-state index contributed by atoms with van der Waals surface area (Å²) in [5.74, 6) is 2.57. The van der Waals surface area contributed by atoms with Crippen LogP contribution in [-0.2, 0) is 21.1 Å². The van der Waals surface area contributed by atoms with Crippen LogP contribution < -0.4 is 0 Å². The molecule has 1 aliphatic rings. The van der Waals surface area contributed by atoms with E-state index in [2.05, 4.69) is 11.1 Å². The Morgan fingerprint density at radius 1 is 1.33 bits per heavy atom. The van der Waals surface area contributed by atoms with Crippen LogP contribution in [0, 0.1) is 12.8 Å². The number of rotatable bonds is 3. The van der Waals surface area contributed by atoms with Crippen LogP contribution in [0.5, 0.6) is 0 Å². The predicted octanol–water partition coefficient (Wildman–Crippen LogP) is 2.93. The Bertz CT molecular complexity index is 499. The van der Waals surface area contributed by atoms with E-state index in [-0.39, 0.29) is 11.1 Å². The van der Waals surface area contributed by atoms with Gasteiger partial charge in [-0.2, -0.15) is 0 Å². The number of benzene rings is 1. The summed E-state index contributed by atoms with van der Waals surface area (Å²) in [6.07, 6.45) is 0. The highest BCUT2D eigenvalue weighted by molar-refractivity contribution is 8.22. The number of sulfonamides is 1. The van der Waals surface area contributed by atoms with Crippen molar-refractivity contribution in [2.45, 2.75) is 18.7 Å². The molecule has 3 nitrogen and oxygen atoms in total. The maximum Gasteiger partial charge on any atom is 0.142 e. The van der Waals surface area contributed by atoms with Crippen molar-refractivity contribution in [1.82, 2.24) is 0 Å². The first-order valence-electron chi connectivity index (χ1n) is 5.77. The highest BCUT2D eigenvalue weighted by atomic mass is 32.3. The van der Waals surface area contributed by atoms with Gasteiger partial charge >= 0.3 is 0 Å². The fraction of sp³-hybridized carbons (Fsp3) is 0.500. The van der Waals surface area contributed by atoms with E-state index < -0.39 is 10.0 Å². The molecule has 1 aromatic carbocycles. The zero-order valence-electron chi connectivity index (χ0n) is 10.5. The second kappa shape index (κ2) is 5.86. The van der Waals surface area contributed by atoms with Gasteiger partial charge in [-0.15, -0.1) is 11.8 Å². The third-order valence-electron chi connectivity index (χ3n) is 2.62. The van der Waals surface area contributed by atoms with Crippen LogP contribution in [0.2, 0.25) is 0 Å². The lowest BCUT2D eigenvalue weighted by molar-refractivity contribution is 0.604. The molecule has 1 fully saturated rings. The molecular formula is C12H17NO2S3. The Kier molecular flexibility index (Phi) is 4.64. The number of thioether (sulfide) groups is 1. The molecule has 2 rings (SSSR count). The summed E-state index contributed by atoms with van der Waals surface area (Å²) in [5, 5.41) is 0.843. The van der Waals surface area contributed by atoms with Gasteiger partial charge in [-0.3, -0.25) is 0 Å². The summed E-state index contributed by atoms with van der Waals surface area (Å²) >= 11 is 1.45. The molecule has 0 N–H and O–H groups in total. The summed E-state index contributed by atoms with van der Waals surface area (Å²) in [6, 6.07) is 6.89. The normalized spacial score (nSPS) is 25.0. The Hall–Kier alpha value is -0.170. The highest BCUT2D eigenvalue weighted by Gasteiger charge is 2.24. The summed E-state index contributed by atoms with van der Waals surface area (Å²) in [7, 11) is -3.48. The van der Waals surface area contributed by atoms with Crippen LogP contribution in [0.15, 0.2) is 29.2 Å². The van der Waals surface area contributed by atoms with Gasteiger partial charge in [0.05, 0.1) is 4.90 Å². The fourth-order valence-corrected chi connectivity index (χ4v) is 7.43. The van der Waals surface area contributed by atoms with E-state index in [1.807, 2.05) is 19.1 Å². The fourth-order valence-electron chi connectivity index (χ4n) is 1.71. The number of hydrogen-bond acceptors (Lipinski definition) is 3. The summed E-state index contributed by atoms with van der Waals surface area (Å²) < 4.78 is 28.4. The van der Waals surface area contributed by atoms with Gasteiger partial charge in [-0.05, 0) is 19.1 Å². The average molecular weight is 303 g/mol. The van der Waals surface area contributed by atoms with Crippen molar-refractivity contribution >= 4 is 32.9 Å². The van der Waals surface area contributed by atoms with Gasteiger partial charge in [0.15, 0.2) is 0 Å². The molecule has 0 saturated carbocycles.